The summed E-state index contributed by atoms with van der Waals surface area (Å²) in [5.74, 6) is -3.09. The maximum atomic E-state index is 13.3. The molecule has 0 N–H and O–H groups in total. The first-order valence-electron chi connectivity index (χ1n) is 5.54. The molecule has 0 aliphatic carbocycles. The van der Waals surface area contributed by atoms with E-state index in [1.165, 1.54) is 19.1 Å². The molecule has 1 atom stereocenters. The van der Waals surface area contributed by atoms with Crippen molar-refractivity contribution in [2.24, 2.45) is 0 Å². The van der Waals surface area contributed by atoms with Gasteiger partial charge in [-0.1, -0.05) is 6.07 Å². The number of esters is 1. The molecule has 0 saturated carbocycles. The Bertz CT molecular complexity index is 438. The predicted octanol–water partition coefficient (Wildman–Crippen LogP) is 3.07. The number of carbonyl (C=O) groups excluding carboxylic acids is 1. The molecule has 0 fully saturated rings. The summed E-state index contributed by atoms with van der Waals surface area (Å²) in [5.41, 5.74) is -0.658. The molecular weight excluding hydrogens is 242 g/mol. The van der Waals surface area contributed by atoms with Crippen molar-refractivity contribution in [3.8, 4) is 5.75 Å². The Morgan fingerprint density at radius 1 is 1.28 bits per heavy atom. The number of rotatable bonds is 3. The Balaban J connectivity index is 2.73. The Morgan fingerprint density at radius 3 is 2.44 bits per heavy atom. The highest BCUT2D eigenvalue weighted by Crippen LogP contribution is 2.21. The highest BCUT2D eigenvalue weighted by Gasteiger charge is 2.24. The molecule has 3 nitrogen and oxygen atoms in total. The summed E-state index contributed by atoms with van der Waals surface area (Å²) in [5, 5.41) is 0. The second-order valence-electron chi connectivity index (χ2n) is 4.85. The van der Waals surface area contributed by atoms with Gasteiger partial charge in [-0.3, -0.25) is 0 Å². The Hall–Kier alpha value is -1.65. The van der Waals surface area contributed by atoms with Crippen molar-refractivity contribution in [2.45, 2.75) is 39.4 Å². The SMILES string of the molecule is CC(Oc1cccc(F)c1F)C(=O)OC(C)(C)C. The molecule has 0 aliphatic heterocycles. The highest BCUT2D eigenvalue weighted by atomic mass is 19.2. The van der Waals surface area contributed by atoms with Crippen molar-refractivity contribution in [3.05, 3.63) is 29.8 Å². The van der Waals surface area contributed by atoms with E-state index in [-0.39, 0.29) is 5.75 Å². The van der Waals surface area contributed by atoms with E-state index in [1.54, 1.807) is 20.8 Å². The Labute approximate surface area is 105 Å². The average Bonchev–Trinajstić information content (AvgIpc) is 2.22. The lowest BCUT2D eigenvalue weighted by Gasteiger charge is -2.22. The molecule has 100 valence electrons. The normalized spacial score (nSPS) is 13.0. The van der Waals surface area contributed by atoms with Crippen molar-refractivity contribution in [1.82, 2.24) is 0 Å². The summed E-state index contributed by atoms with van der Waals surface area (Å²) in [4.78, 5) is 11.6. The molecule has 1 aromatic rings. The number of carbonyl (C=O) groups is 1. The molecule has 0 bridgehead atoms. The summed E-state index contributed by atoms with van der Waals surface area (Å²) >= 11 is 0. The zero-order valence-corrected chi connectivity index (χ0v) is 10.8. The molecule has 0 spiro atoms. The molecule has 0 radical (unpaired) electrons. The van der Waals surface area contributed by atoms with E-state index >= 15 is 0 Å². The summed E-state index contributed by atoms with van der Waals surface area (Å²) < 4.78 is 36.3. The lowest BCUT2D eigenvalue weighted by atomic mass is 10.2. The van der Waals surface area contributed by atoms with E-state index in [0.29, 0.717) is 0 Å². The highest BCUT2D eigenvalue weighted by molar-refractivity contribution is 5.75. The van der Waals surface area contributed by atoms with Gasteiger partial charge in [0.1, 0.15) is 5.60 Å². The predicted molar refractivity (Wildman–Crippen MR) is 62.3 cm³/mol. The van der Waals surface area contributed by atoms with Gasteiger partial charge >= 0.3 is 5.97 Å². The van der Waals surface area contributed by atoms with Crippen LogP contribution in [0.2, 0.25) is 0 Å². The van der Waals surface area contributed by atoms with Gasteiger partial charge in [0.25, 0.3) is 0 Å². The van der Waals surface area contributed by atoms with Crippen LogP contribution in [-0.4, -0.2) is 17.7 Å². The molecule has 0 aliphatic rings. The quantitative estimate of drug-likeness (QED) is 0.781. The topological polar surface area (TPSA) is 35.5 Å². The van der Waals surface area contributed by atoms with E-state index < -0.39 is 29.3 Å². The smallest absolute Gasteiger partial charge is 0.347 e. The van der Waals surface area contributed by atoms with Crippen LogP contribution in [0.5, 0.6) is 5.75 Å². The molecule has 1 aromatic carbocycles. The first kappa shape index (κ1) is 14.4. The van der Waals surface area contributed by atoms with Crippen LogP contribution >= 0.6 is 0 Å². The lowest BCUT2D eigenvalue weighted by molar-refractivity contribution is -0.162. The first-order valence-corrected chi connectivity index (χ1v) is 5.54. The van der Waals surface area contributed by atoms with Gasteiger partial charge in [0.2, 0.25) is 5.82 Å². The Kier molecular flexibility index (Phi) is 4.27. The van der Waals surface area contributed by atoms with Crippen LogP contribution in [0.4, 0.5) is 8.78 Å². The molecular formula is C13H16F2O3. The third-order valence-corrected chi connectivity index (χ3v) is 1.96. The fourth-order valence-electron chi connectivity index (χ4n) is 1.20. The van der Waals surface area contributed by atoms with Gasteiger partial charge < -0.3 is 9.47 Å². The molecule has 0 heterocycles. The zero-order chi connectivity index (χ0) is 13.9. The number of hydrogen-bond acceptors (Lipinski definition) is 3. The third kappa shape index (κ3) is 3.98. The maximum absolute atomic E-state index is 13.3. The van der Waals surface area contributed by atoms with Crippen LogP contribution in [0.25, 0.3) is 0 Å². The second kappa shape index (κ2) is 5.33. The van der Waals surface area contributed by atoms with Crippen molar-refractivity contribution >= 4 is 5.97 Å². The van der Waals surface area contributed by atoms with Crippen molar-refractivity contribution in [3.63, 3.8) is 0 Å². The number of hydrogen-bond donors (Lipinski definition) is 0. The van der Waals surface area contributed by atoms with E-state index in [9.17, 15) is 13.6 Å². The summed E-state index contributed by atoms with van der Waals surface area (Å²) in [7, 11) is 0. The molecule has 5 heteroatoms. The van der Waals surface area contributed by atoms with E-state index in [1.807, 2.05) is 0 Å². The van der Waals surface area contributed by atoms with E-state index in [0.717, 1.165) is 6.07 Å². The fourth-order valence-corrected chi connectivity index (χ4v) is 1.20. The van der Waals surface area contributed by atoms with E-state index in [4.69, 9.17) is 9.47 Å². The van der Waals surface area contributed by atoms with E-state index in [2.05, 4.69) is 0 Å². The summed E-state index contributed by atoms with van der Waals surface area (Å²) in [6.07, 6.45) is -1.01. The minimum atomic E-state index is -1.12. The van der Waals surface area contributed by atoms with Gasteiger partial charge in [-0.25, -0.2) is 9.18 Å². The van der Waals surface area contributed by atoms with Crippen LogP contribution in [0.1, 0.15) is 27.7 Å². The van der Waals surface area contributed by atoms with Gasteiger partial charge in [-0.15, -0.1) is 0 Å². The van der Waals surface area contributed by atoms with Crippen molar-refractivity contribution < 1.29 is 23.0 Å². The average molecular weight is 258 g/mol. The van der Waals surface area contributed by atoms with Crippen LogP contribution < -0.4 is 4.74 Å². The van der Waals surface area contributed by atoms with Crippen molar-refractivity contribution in [2.75, 3.05) is 0 Å². The standard InChI is InChI=1S/C13H16F2O3/c1-8(12(16)18-13(2,3)4)17-10-7-5-6-9(14)11(10)15/h5-8H,1-4H3. The first-order chi connectivity index (χ1) is 8.20. The number of halogens is 2. The summed E-state index contributed by atoms with van der Waals surface area (Å²) in [6.45, 7) is 6.54. The Morgan fingerprint density at radius 2 is 1.89 bits per heavy atom. The molecule has 1 rings (SSSR count). The van der Waals surface area contributed by atoms with Crippen LogP contribution in [-0.2, 0) is 9.53 Å². The lowest BCUT2D eigenvalue weighted by Crippen LogP contribution is -2.33. The fraction of sp³-hybridized carbons (Fsp3) is 0.462. The monoisotopic (exact) mass is 258 g/mol. The zero-order valence-electron chi connectivity index (χ0n) is 10.8. The number of benzene rings is 1. The molecule has 0 amide bonds. The van der Waals surface area contributed by atoms with Gasteiger partial charge in [0.15, 0.2) is 17.7 Å². The molecule has 1 unspecified atom stereocenters. The van der Waals surface area contributed by atoms with Gasteiger partial charge in [-0.05, 0) is 39.8 Å². The van der Waals surface area contributed by atoms with Gasteiger partial charge in [0.05, 0.1) is 0 Å². The van der Waals surface area contributed by atoms with Crippen molar-refractivity contribution in [1.29, 1.82) is 0 Å². The van der Waals surface area contributed by atoms with Crippen LogP contribution in [0.15, 0.2) is 18.2 Å². The second-order valence-corrected chi connectivity index (χ2v) is 4.85. The molecule has 0 aromatic heterocycles. The van der Waals surface area contributed by atoms with Gasteiger partial charge in [0, 0.05) is 0 Å². The molecule has 18 heavy (non-hydrogen) atoms. The van der Waals surface area contributed by atoms with Crippen LogP contribution in [0.3, 0.4) is 0 Å². The minimum absolute atomic E-state index is 0.312. The molecule has 0 saturated heterocycles. The van der Waals surface area contributed by atoms with Crippen LogP contribution in [0, 0.1) is 11.6 Å². The minimum Gasteiger partial charge on any atom is -0.476 e. The summed E-state index contributed by atoms with van der Waals surface area (Å²) in [6, 6.07) is 3.52. The largest absolute Gasteiger partial charge is 0.476 e. The third-order valence-electron chi connectivity index (χ3n) is 1.96. The maximum Gasteiger partial charge on any atom is 0.347 e. The number of ether oxygens (including phenoxy) is 2. The van der Waals surface area contributed by atoms with Gasteiger partial charge in [-0.2, -0.15) is 4.39 Å².